The Kier molecular flexibility index (Phi) is 4.34. The van der Waals surface area contributed by atoms with Gasteiger partial charge in [-0.2, -0.15) is 0 Å². The number of anilines is 1. The zero-order chi connectivity index (χ0) is 17.1. The zero-order valence-corrected chi connectivity index (χ0v) is 12.9. The van der Waals surface area contributed by atoms with Gasteiger partial charge in [0.1, 0.15) is 11.6 Å². The molecule has 0 fully saturated rings. The molecule has 0 atom stereocenters. The molecule has 0 aliphatic rings. The summed E-state index contributed by atoms with van der Waals surface area (Å²) >= 11 is 1.12. The monoisotopic (exact) mass is 347 g/mol. The van der Waals surface area contributed by atoms with Crippen LogP contribution in [-0.2, 0) is 4.79 Å². The summed E-state index contributed by atoms with van der Waals surface area (Å²) in [6, 6.07) is 9.71. The topological polar surface area (TPSA) is 94.4 Å². The van der Waals surface area contributed by atoms with E-state index < -0.39 is 16.6 Å². The van der Waals surface area contributed by atoms with Crippen molar-refractivity contribution >= 4 is 38.3 Å². The number of rotatable bonds is 5. The first-order valence-electron chi connectivity index (χ1n) is 6.74. The van der Waals surface area contributed by atoms with Gasteiger partial charge in [0.2, 0.25) is 0 Å². The number of ether oxygens (including phenoxy) is 1. The van der Waals surface area contributed by atoms with E-state index in [1.807, 2.05) is 0 Å². The third-order valence-electron chi connectivity index (χ3n) is 3.00. The van der Waals surface area contributed by atoms with Crippen LogP contribution >= 0.6 is 11.3 Å². The largest absolute Gasteiger partial charge is 0.484 e. The minimum Gasteiger partial charge on any atom is -0.484 e. The van der Waals surface area contributed by atoms with Crippen LogP contribution in [0.3, 0.4) is 0 Å². The molecule has 0 saturated carbocycles. The van der Waals surface area contributed by atoms with Crippen molar-refractivity contribution in [1.82, 2.24) is 4.98 Å². The number of nitrogens with one attached hydrogen (secondary N) is 1. The van der Waals surface area contributed by atoms with Crippen LogP contribution in [0.4, 0.5) is 15.2 Å². The molecule has 1 aromatic heterocycles. The summed E-state index contributed by atoms with van der Waals surface area (Å²) in [7, 11) is 0. The van der Waals surface area contributed by atoms with Gasteiger partial charge in [-0.1, -0.05) is 17.4 Å². The van der Waals surface area contributed by atoms with E-state index in [0.29, 0.717) is 15.3 Å². The Morgan fingerprint density at radius 1 is 1.33 bits per heavy atom. The van der Waals surface area contributed by atoms with Crippen molar-refractivity contribution in [3.8, 4) is 5.75 Å². The fourth-order valence-corrected chi connectivity index (χ4v) is 2.86. The average Bonchev–Trinajstić information content (AvgIpc) is 2.94. The Morgan fingerprint density at radius 2 is 2.17 bits per heavy atom. The highest BCUT2D eigenvalue weighted by molar-refractivity contribution is 7.22. The number of halogens is 1. The predicted molar refractivity (Wildman–Crippen MR) is 86.8 cm³/mol. The number of nitrogens with zero attached hydrogens (tertiary/aromatic N) is 2. The third kappa shape index (κ3) is 3.63. The highest BCUT2D eigenvalue weighted by Crippen LogP contribution is 2.29. The molecule has 0 saturated heterocycles. The fraction of sp³-hybridized carbons (Fsp3) is 0.0667. The van der Waals surface area contributed by atoms with Gasteiger partial charge >= 0.3 is 0 Å². The van der Waals surface area contributed by atoms with Crippen LogP contribution in [0.2, 0.25) is 0 Å². The quantitative estimate of drug-likeness (QED) is 0.564. The number of carbonyl (C=O) groups excluding carboxylic acids is 1. The summed E-state index contributed by atoms with van der Waals surface area (Å²) < 4.78 is 18.8. The van der Waals surface area contributed by atoms with Gasteiger partial charge in [-0.25, -0.2) is 9.37 Å². The lowest BCUT2D eigenvalue weighted by Crippen LogP contribution is -2.20. The Hall–Kier alpha value is -3.07. The van der Waals surface area contributed by atoms with Crippen molar-refractivity contribution in [3.05, 3.63) is 58.4 Å². The smallest absolute Gasteiger partial charge is 0.270 e. The van der Waals surface area contributed by atoms with Crippen molar-refractivity contribution in [2.75, 3.05) is 11.9 Å². The second-order valence-electron chi connectivity index (χ2n) is 4.72. The van der Waals surface area contributed by atoms with E-state index >= 15 is 0 Å². The standard InChI is InChI=1S/C15H10FN3O4S/c16-9-2-1-3-11(6-9)23-8-14(20)18-15-17-12-5-4-10(19(21)22)7-13(12)24-15/h1-7H,8H2,(H,17,18,20). The number of nitro groups is 1. The molecule has 3 rings (SSSR count). The van der Waals surface area contributed by atoms with Gasteiger partial charge < -0.3 is 4.74 Å². The summed E-state index contributed by atoms with van der Waals surface area (Å²) in [5.41, 5.74) is 0.505. The first-order chi connectivity index (χ1) is 11.5. The Bertz CT molecular complexity index is 928. The summed E-state index contributed by atoms with van der Waals surface area (Å²) in [5, 5.41) is 13.6. The maximum Gasteiger partial charge on any atom is 0.270 e. The first-order valence-corrected chi connectivity index (χ1v) is 7.56. The lowest BCUT2D eigenvalue weighted by Gasteiger charge is -2.05. The number of fused-ring (bicyclic) bond motifs is 1. The van der Waals surface area contributed by atoms with Gasteiger partial charge in [-0.05, 0) is 18.2 Å². The molecule has 0 bridgehead atoms. The van der Waals surface area contributed by atoms with Crippen LogP contribution in [0, 0.1) is 15.9 Å². The maximum absolute atomic E-state index is 13.0. The molecule has 122 valence electrons. The van der Waals surface area contributed by atoms with Crippen LogP contribution in [-0.4, -0.2) is 22.4 Å². The number of thiazole rings is 1. The van der Waals surface area contributed by atoms with Crippen molar-refractivity contribution in [1.29, 1.82) is 0 Å². The number of carbonyl (C=O) groups is 1. The van der Waals surface area contributed by atoms with E-state index in [-0.39, 0.29) is 18.0 Å². The van der Waals surface area contributed by atoms with Crippen LogP contribution in [0.1, 0.15) is 0 Å². The lowest BCUT2D eigenvalue weighted by atomic mass is 10.3. The Morgan fingerprint density at radius 3 is 2.92 bits per heavy atom. The Balaban J connectivity index is 1.65. The third-order valence-corrected chi connectivity index (χ3v) is 3.93. The molecule has 0 unspecified atom stereocenters. The van der Waals surface area contributed by atoms with Crippen LogP contribution in [0.5, 0.6) is 5.75 Å². The second-order valence-corrected chi connectivity index (χ2v) is 5.75. The number of aromatic nitrogens is 1. The minimum absolute atomic E-state index is 0.0431. The van der Waals surface area contributed by atoms with Crippen molar-refractivity contribution in [2.24, 2.45) is 0 Å². The molecule has 0 aliphatic heterocycles. The summed E-state index contributed by atoms with van der Waals surface area (Å²) in [6.45, 7) is -0.306. The molecule has 1 amide bonds. The molecule has 2 aromatic carbocycles. The van der Waals surface area contributed by atoms with Crippen molar-refractivity contribution < 1.29 is 18.8 Å². The average molecular weight is 347 g/mol. The molecular formula is C15H10FN3O4S. The molecule has 7 nitrogen and oxygen atoms in total. The van der Waals surface area contributed by atoms with Crippen LogP contribution in [0.15, 0.2) is 42.5 Å². The molecular weight excluding hydrogens is 337 g/mol. The van der Waals surface area contributed by atoms with E-state index in [4.69, 9.17) is 4.74 Å². The summed E-state index contributed by atoms with van der Waals surface area (Å²) in [4.78, 5) is 26.3. The van der Waals surface area contributed by atoms with E-state index in [0.717, 1.165) is 11.3 Å². The van der Waals surface area contributed by atoms with E-state index in [9.17, 15) is 19.3 Å². The van der Waals surface area contributed by atoms with Crippen LogP contribution in [0.25, 0.3) is 10.2 Å². The Labute approximate surface area is 138 Å². The molecule has 3 aromatic rings. The molecule has 9 heteroatoms. The maximum atomic E-state index is 13.0. The van der Waals surface area contributed by atoms with Gasteiger partial charge in [-0.15, -0.1) is 0 Å². The highest BCUT2D eigenvalue weighted by atomic mass is 32.1. The first kappa shape index (κ1) is 15.8. The second kappa shape index (κ2) is 6.59. The van der Waals surface area contributed by atoms with Crippen LogP contribution < -0.4 is 10.1 Å². The predicted octanol–water partition coefficient (Wildman–Crippen LogP) is 3.36. The SMILES string of the molecule is O=C(COc1cccc(F)c1)Nc1nc2ccc([N+](=O)[O-])cc2s1. The minimum atomic E-state index is -0.496. The van der Waals surface area contributed by atoms with E-state index in [2.05, 4.69) is 10.3 Å². The van der Waals surface area contributed by atoms with Gasteiger partial charge in [-0.3, -0.25) is 20.2 Å². The van der Waals surface area contributed by atoms with Gasteiger partial charge in [0.25, 0.3) is 11.6 Å². The number of benzene rings is 2. The van der Waals surface area contributed by atoms with Gasteiger partial charge in [0.05, 0.1) is 15.1 Å². The van der Waals surface area contributed by atoms with E-state index in [1.165, 1.54) is 42.5 Å². The summed E-state index contributed by atoms with van der Waals surface area (Å²) in [5.74, 6) is -0.682. The normalized spacial score (nSPS) is 10.5. The number of nitro benzene ring substituents is 1. The number of amides is 1. The van der Waals surface area contributed by atoms with E-state index in [1.54, 1.807) is 0 Å². The highest BCUT2D eigenvalue weighted by Gasteiger charge is 2.12. The molecule has 1 N–H and O–H groups in total. The molecule has 0 spiro atoms. The number of non-ortho nitro benzene ring substituents is 1. The molecule has 0 aliphatic carbocycles. The summed E-state index contributed by atoms with van der Waals surface area (Å²) in [6.07, 6.45) is 0. The van der Waals surface area contributed by atoms with Gasteiger partial charge in [0.15, 0.2) is 11.7 Å². The molecule has 0 radical (unpaired) electrons. The van der Waals surface area contributed by atoms with Gasteiger partial charge in [0, 0.05) is 18.2 Å². The number of hydrogen-bond donors (Lipinski definition) is 1. The molecule has 1 heterocycles. The van der Waals surface area contributed by atoms with Crippen molar-refractivity contribution in [3.63, 3.8) is 0 Å². The lowest BCUT2D eigenvalue weighted by molar-refractivity contribution is -0.384. The number of hydrogen-bond acceptors (Lipinski definition) is 6. The van der Waals surface area contributed by atoms with Crippen molar-refractivity contribution in [2.45, 2.75) is 0 Å². The fourth-order valence-electron chi connectivity index (χ4n) is 1.94. The zero-order valence-electron chi connectivity index (χ0n) is 12.1. The molecule has 24 heavy (non-hydrogen) atoms.